The lowest BCUT2D eigenvalue weighted by Gasteiger charge is -2.13. The predicted octanol–water partition coefficient (Wildman–Crippen LogP) is 2.41. The molecule has 3 N–H and O–H groups in total. The van der Waals surface area contributed by atoms with Gasteiger partial charge in [0.25, 0.3) is 0 Å². The topological polar surface area (TPSA) is 85.8 Å². The smallest absolute Gasteiger partial charge is 0.222 e. The molecule has 0 saturated heterocycles. The van der Waals surface area contributed by atoms with Crippen molar-refractivity contribution in [3.63, 3.8) is 0 Å². The first-order valence-corrected chi connectivity index (χ1v) is 7.03. The molecule has 128 valence electrons. The number of nitrogens with two attached hydrogens (primary N) is 1. The van der Waals surface area contributed by atoms with Crippen molar-refractivity contribution in [2.75, 3.05) is 0 Å². The molecule has 0 aliphatic heterocycles. The lowest BCUT2D eigenvalue weighted by molar-refractivity contribution is -0.121. The summed E-state index contributed by atoms with van der Waals surface area (Å²) >= 11 is 0. The summed E-state index contributed by atoms with van der Waals surface area (Å²) in [5.41, 5.74) is 6.99. The average Bonchev–Trinajstić information content (AvgIpc) is 2.94. The number of nitrogens with zero attached hydrogens (tertiary/aromatic N) is 3. The van der Waals surface area contributed by atoms with Crippen LogP contribution in [0.1, 0.15) is 43.7 Å². The molecule has 0 radical (unpaired) electrons. The number of aromatic nitrogens is 3. The van der Waals surface area contributed by atoms with E-state index in [-0.39, 0.29) is 49.2 Å². The van der Waals surface area contributed by atoms with Crippen molar-refractivity contribution >= 4 is 30.7 Å². The zero-order valence-electron chi connectivity index (χ0n) is 13.2. The van der Waals surface area contributed by atoms with Crippen LogP contribution in [-0.2, 0) is 11.3 Å². The maximum absolute atomic E-state index is 12.0. The van der Waals surface area contributed by atoms with Gasteiger partial charge in [-0.15, -0.1) is 35.0 Å². The highest BCUT2D eigenvalue weighted by Crippen LogP contribution is 2.13. The molecule has 1 unspecified atom stereocenters. The molecule has 0 spiro atoms. The van der Waals surface area contributed by atoms with Gasteiger partial charge in [-0.1, -0.05) is 30.3 Å². The Bertz CT molecular complexity index is 589. The SMILES string of the molecule is CC(C)n1cnnc1CNC(=O)CC(N)c1ccccc1.Cl.Cl. The molecule has 1 atom stereocenters. The maximum Gasteiger partial charge on any atom is 0.222 e. The summed E-state index contributed by atoms with van der Waals surface area (Å²) in [6, 6.07) is 9.57. The van der Waals surface area contributed by atoms with E-state index in [0.717, 1.165) is 11.4 Å². The molecule has 1 aromatic heterocycles. The van der Waals surface area contributed by atoms with E-state index in [1.807, 2.05) is 48.7 Å². The van der Waals surface area contributed by atoms with E-state index in [1.54, 1.807) is 6.33 Å². The number of halogens is 2. The zero-order chi connectivity index (χ0) is 15.2. The molecule has 0 aliphatic carbocycles. The number of carbonyl (C=O) groups excluding carboxylic acids is 1. The molecule has 0 saturated carbocycles. The Hall–Kier alpha value is -1.63. The van der Waals surface area contributed by atoms with Crippen LogP contribution >= 0.6 is 24.8 Å². The van der Waals surface area contributed by atoms with Crippen molar-refractivity contribution in [2.24, 2.45) is 5.73 Å². The minimum atomic E-state index is -0.297. The van der Waals surface area contributed by atoms with Crippen LogP contribution in [-0.4, -0.2) is 20.7 Å². The standard InChI is InChI=1S/C15H21N5O.2ClH/c1-11(2)20-10-18-19-14(20)9-17-15(21)8-13(16)12-6-4-3-5-7-12;;/h3-7,10-11,13H,8-9,16H2,1-2H3,(H,17,21);2*1H. The van der Waals surface area contributed by atoms with E-state index in [4.69, 9.17) is 5.73 Å². The van der Waals surface area contributed by atoms with Crippen molar-refractivity contribution in [3.05, 3.63) is 48.0 Å². The minimum Gasteiger partial charge on any atom is -0.349 e. The van der Waals surface area contributed by atoms with E-state index in [1.165, 1.54) is 0 Å². The highest BCUT2D eigenvalue weighted by Gasteiger charge is 2.13. The Kier molecular flexibility index (Phi) is 9.48. The quantitative estimate of drug-likeness (QED) is 0.828. The van der Waals surface area contributed by atoms with Crippen LogP contribution in [0, 0.1) is 0 Å². The van der Waals surface area contributed by atoms with E-state index in [9.17, 15) is 4.79 Å². The molecular weight excluding hydrogens is 337 g/mol. The first-order valence-electron chi connectivity index (χ1n) is 7.03. The summed E-state index contributed by atoms with van der Waals surface area (Å²) < 4.78 is 1.93. The molecule has 2 rings (SSSR count). The third-order valence-corrected chi connectivity index (χ3v) is 3.28. The molecule has 1 aromatic carbocycles. The summed E-state index contributed by atoms with van der Waals surface area (Å²) in [5.74, 6) is 0.649. The van der Waals surface area contributed by atoms with E-state index in [0.29, 0.717) is 6.54 Å². The Morgan fingerprint density at radius 1 is 1.26 bits per heavy atom. The van der Waals surface area contributed by atoms with Gasteiger partial charge in [0.05, 0.1) is 6.54 Å². The molecular formula is C15H23Cl2N5O. The first-order chi connectivity index (χ1) is 10.1. The van der Waals surface area contributed by atoms with Crippen LogP contribution in [0.4, 0.5) is 0 Å². The molecule has 0 bridgehead atoms. The van der Waals surface area contributed by atoms with Gasteiger partial charge >= 0.3 is 0 Å². The van der Waals surface area contributed by atoms with Crippen molar-refractivity contribution in [2.45, 2.75) is 38.9 Å². The third kappa shape index (κ3) is 6.17. The van der Waals surface area contributed by atoms with Gasteiger partial charge in [-0.2, -0.15) is 0 Å². The van der Waals surface area contributed by atoms with E-state index < -0.39 is 0 Å². The summed E-state index contributed by atoms with van der Waals surface area (Å²) in [6.45, 7) is 4.44. The van der Waals surface area contributed by atoms with Gasteiger partial charge in [0.1, 0.15) is 6.33 Å². The summed E-state index contributed by atoms with van der Waals surface area (Å²) in [7, 11) is 0. The fourth-order valence-corrected chi connectivity index (χ4v) is 2.09. The molecule has 0 fully saturated rings. The zero-order valence-corrected chi connectivity index (χ0v) is 14.8. The summed E-state index contributed by atoms with van der Waals surface area (Å²) in [5, 5.41) is 10.7. The third-order valence-electron chi connectivity index (χ3n) is 3.28. The maximum atomic E-state index is 12.0. The molecule has 8 heteroatoms. The fraction of sp³-hybridized carbons (Fsp3) is 0.400. The van der Waals surface area contributed by atoms with E-state index >= 15 is 0 Å². The first kappa shape index (κ1) is 21.4. The second kappa shape index (κ2) is 10.2. The number of hydrogen-bond donors (Lipinski definition) is 2. The second-order valence-corrected chi connectivity index (χ2v) is 5.25. The van der Waals surface area contributed by atoms with Gasteiger partial charge in [0, 0.05) is 18.5 Å². The van der Waals surface area contributed by atoms with Crippen LogP contribution < -0.4 is 11.1 Å². The van der Waals surface area contributed by atoms with Crippen molar-refractivity contribution in [3.8, 4) is 0 Å². The average molecular weight is 360 g/mol. The summed E-state index contributed by atoms with van der Waals surface area (Å²) in [4.78, 5) is 12.0. The van der Waals surface area contributed by atoms with Crippen LogP contribution in [0.5, 0.6) is 0 Å². The highest BCUT2D eigenvalue weighted by atomic mass is 35.5. The lowest BCUT2D eigenvalue weighted by Crippen LogP contribution is -2.28. The fourth-order valence-electron chi connectivity index (χ4n) is 2.09. The molecule has 2 aromatic rings. The predicted molar refractivity (Wildman–Crippen MR) is 94.7 cm³/mol. The Balaban J connectivity index is 0.00000242. The largest absolute Gasteiger partial charge is 0.349 e. The van der Waals surface area contributed by atoms with Gasteiger partial charge in [-0.3, -0.25) is 4.79 Å². The molecule has 1 heterocycles. The van der Waals surface area contributed by atoms with Gasteiger partial charge < -0.3 is 15.6 Å². The molecule has 6 nitrogen and oxygen atoms in total. The number of rotatable bonds is 6. The van der Waals surface area contributed by atoms with Gasteiger partial charge in [0.15, 0.2) is 5.82 Å². The van der Waals surface area contributed by atoms with E-state index in [2.05, 4.69) is 15.5 Å². The van der Waals surface area contributed by atoms with Gasteiger partial charge in [-0.05, 0) is 19.4 Å². The number of nitrogens with one attached hydrogen (secondary N) is 1. The number of benzene rings is 1. The second-order valence-electron chi connectivity index (χ2n) is 5.25. The minimum absolute atomic E-state index is 0. The van der Waals surface area contributed by atoms with Crippen molar-refractivity contribution in [1.82, 2.24) is 20.1 Å². The number of carbonyl (C=O) groups is 1. The van der Waals surface area contributed by atoms with Crippen LogP contribution in [0.25, 0.3) is 0 Å². The van der Waals surface area contributed by atoms with Gasteiger partial charge in [0.2, 0.25) is 5.91 Å². The van der Waals surface area contributed by atoms with Crippen molar-refractivity contribution in [1.29, 1.82) is 0 Å². The normalized spacial score (nSPS) is 11.3. The molecule has 0 aliphatic rings. The van der Waals surface area contributed by atoms with Crippen LogP contribution in [0.3, 0.4) is 0 Å². The number of amides is 1. The Labute approximate surface area is 148 Å². The monoisotopic (exact) mass is 359 g/mol. The van der Waals surface area contributed by atoms with Crippen LogP contribution in [0.15, 0.2) is 36.7 Å². The molecule has 23 heavy (non-hydrogen) atoms. The highest BCUT2D eigenvalue weighted by molar-refractivity contribution is 5.85. The lowest BCUT2D eigenvalue weighted by atomic mass is 10.0. The van der Waals surface area contributed by atoms with Gasteiger partial charge in [-0.25, -0.2) is 0 Å². The number of hydrogen-bond acceptors (Lipinski definition) is 4. The van der Waals surface area contributed by atoms with Crippen molar-refractivity contribution < 1.29 is 4.79 Å². The Morgan fingerprint density at radius 3 is 2.52 bits per heavy atom. The Morgan fingerprint density at radius 2 is 1.91 bits per heavy atom. The molecule has 1 amide bonds. The summed E-state index contributed by atoms with van der Waals surface area (Å²) in [6.07, 6.45) is 1.92. The van der Waals surface area contributed by atoms with Crippen LogP contribution in [0.2, 0.25) is 0 Å².